The van der Waals surface area contributed by atoms with Crippen molar-refractivity contribution in [2.24, 2.45) is 5.73 Å². The molecule has 0 aliphatic carbocycles. The van der Waals surface area contributed by atoms with Crippen molar-refractivity contribution >= 4 is 11.8 Å². The highest BCUT2D eigenvalue weighted by molar-refractivity contribution is 5.85. The van der Waals surface area contributed by atoms with Crippen molar-refractivity contribution in [3.63, 3.8) is 0 Å². The normalized spacial score (nSPS) is 21.3. The van der Waals surface area contributed by atoms with E-state index in [1.54, 1.807) is 0 Å². The summed E-state index contributed by atoms with van der Waals surface area (Å²) < 4.78 is 5.56. The van der Waals surface area contributed by atoms with Crippen LogP contribution in [0, 0.1) is 0 Å². The number of hydrogen-bond donors (Lipinski definition) is 2. The van der Waals surface area contributed by atoms with Crippen molar-refractivity contribution in [1.29, 1.82) is 0 Å². The van der Waals surface area contributed by atoms with Crippen LogP contribution in [-0.2, 0) is 16.0 Å². The van der Waals surface area contributed by atoms with E-state index in [9.17, 15) is 14.7 Å². The third kappa shape index (κ3) is 4.45. The van der Waals surface area contributed by atoms with Gasteiger partial charge in [0.05, 0.1) is 19.1 Å². The van der Waals surface area contributed by atoms with E-state index in [0.717, 1.165) is 11.3 Å². The number of likely N-dealkylation sites (tertiary alicyclic amines) is 1. The van der Waals surface area contributed by atoms with Crippen LogP contribution in [0.4, 0.5) is 0 Å². The van der Waals surface area contributed by atoms with Crippen LogP contribution in [0.1, 0.15) is 32.3 Å². The first kappa shape index (κ1) is 17.3. The summed E-state index contributed by atoms with van der Waals surface area (Å²) in [4.78, 5) is 25.2. The predicted molar refractivity (Wildman–Crippen MR) is 85.9 cm³/mol. The van der Waals surface area contributed by atoms with E-state index in [0.29, 0.717) is 19.4 Å². The Balaban J connectivity index is 1.97. The Morgan fingerprint density at radius 2 is 2.00 bits per heavy atom. The van der Waals surface area contributed by atoms with Crippen LogP contribution in [0.25, 0.3) is 0 Å². The minimum atomic E-state index is -1.61. The zero-order valence-electron chi connectivity index (χ0n) is 13.6. The summed E-state index contributed by atoms with van der Waals surface area (Å²) in [6.45, 7) is 4.40. The van der Waals surface area contributed by atoms with E-state index in [1.165, 1.54) is 4.90 Å². The molecule has 0 bridgehead atoms. The number of carbonyl (C=O) groups excluding carboxylic acids is 2. The molecule has 0 unspecified atom stereocenters. The van der Waals surface area contributed by atoms with Crippen LogP contribution >= 0.6 is 0 Å². The lowest BCUT2D eigenvalue weighted by Crippen LogP contribution is -2.57. The first-order chi connectivity index (χ1) is 10.8. The molecule has 0 radical (unpaired) electrons. The van der Waals surface area contributed by atoms with Gasteiger partial charge in [-0.2, -0.15) is 0 Å². The number of rotatable bonds is 5. The lowest BCUT2D eigenvalue weighted by Gasteiger charge is -2.37. The highest BCUT2D eigenvalue weighted by atomic mass is 16.5. The molecule has 1 aromatic carbocycles. The second-order valence-electron chi connectivity index (χ2n) is 6.30. The predicted octanol–water partition coefficient (Wildman–Crippen LogP) is 0.855. The summed E-state index contributed by atoms with van der Waals surface area (Å²) in [5.41, 5.74) is 4.48. The average molecular weight is 320 g/mol. The van der Waals surface area contributed by atoms with Gasteiger partial charge in [-0.1, -0.05) is 12.1 Å². The molecule has 1 aliphatic heterocycles. The number of nitrogens with zero attached hydrogens (tertiary/aromatic N) is 1. The second kappa shape index (κ2) is 7.00. The Morgan fingerprint density at radius 1 is 1.35 bits per heavy atom. The van der Waals surface area contributed by atoms with Gasteiger partial charge in [0, 0.05) is 6.54 Å². The van der Waals surface area contributed by atoms with E-state index in [-0.39, 0.29) is 25.0 Å². The summed E-state index contributed by atoms with van der Waals surface area (Å²) in [5.74, 6) is -0.135. The SMILES string of the molecule is CC(C)Oc1ccc(CC(=O)N2CCC[C@@](O)(C(N)=O)C2)cc1. The Bertz CT molecular complexity index is 570. The average Bonchev–Trinajstić information content (AvgIpc) is 2.48. The molecule has 1 aliphatic rings. The Hall–Kier alpha value is -2.08. The van der Waals surface area contributed by atoms with Gasteiger partial charge in [-0.25, -0.2) is 0 Å². The molecule has 0 aromatic heterocycles. The second-order valence-corrected chi connectivity index (χ2v) is 6.30. The van der Waals surface area contributed by atoms with E-state index in [4.69, 9.17) is 10.5 Å². The zero-order valence-corrected chi connectivity index (χ0v) is 13.6. The zero-order chi connectivity index (χ0) is 17.0. The maximum absolute atomic E-state index is 12.4. The van der Waals surface area contributed by atoms with Crippen molar-refractivity contribution in [1.82, 2.24) is 4.90 Å². The van der Waals surface area contributed by atoms with E-state index >= 15 is 0 Å². The molecule has 126 valence electrons. The third-order valence-corrected chi connectivity index (χ3v) is 3.93. The first-order valence-corrected chi connectivity index (χ1v) is 7.86. The van der Waals surface area contributed by atoms with E-state index in [1.807, 2.05) is 38.1 Å². The molecule has 2 rings (SSSR count). The molecule has 0 spiro atoms. The molecule has 1 saturated heterocycles. The van der Waals surface area contributed by atoms with Crippen molar-refractivity contribution in [3.05, 3.63) is 29.8 Å². The fraction of sp³-hybridized carbons (Fsp3) is 0.529. The van der Waals surface area contributed by atoms with Gasteiger partial charge < -0.3 is 20.5 Å². The van der Waals surface area contributed by atoms with Crippen molar-refractivity contribution in [2.45, 2.75) is 44.8 Å². The van der Waals surface area contributed by atoms with Gasteiger partial charge in [0.25, 0.3) is 5.91 Å². The summed E-state index contributed by atoms with van der Waals surface area (Å²) >= 11 is 0. The van der Waals surface area contributed by atoms with Gasteiger partial charge in [0.15, 0.2) is 5.60 Å². The van der Waals surface area contributed by atoms with Gasteiger partial charge in [0.1, 0.15) is 5.75 Å². The number of amides is 2. The molecular formula is C17H24N2O4. The number of ether oxygens (including phenoxy) is 1. The summed E-state index contributed by atoms with van der Waals surface area (Å²) in [6, 6.07) is 7.36. The van der Waals surface area contributed by atoms with Crippen molar-refractivity contribution in [3.8, 4) is 5.75 Å². The Morgan fingerprint density at radius 3 is 2.57 bits per heavy atom. The summed E-state index contributed by atoms with van der Waals surface area (Å²) in [7, 11) is 0. The quantitative estimate of drug-likeness (QED) is 0.841. The molecule has 1 aromatic rings. The highest BCUT2D eigenvalue weighted by Crippen LogP contribution is 2.22. The van der Waals surface area contributed by atoms with E-state index < -0.39 is 11.5 Å². The number of hydrogen-bond acceptors (Lipinski definition) is 4. The maximum atomic E-state index is 12.4. The topological polar surface area (TPSA) is 92.9 Å². The molecule has 3 N–H and O–H groups in total. The molecule has 1 atom stereocenters. The molecule has 2 amide bonds. The molecule has 1 heterocycles. The highest BCUT2D eigenvalue weighted by Gasteiger charge is 2.40. The molecule has 0 saturated carbocycles. The molecule has 6 heteroatoms. The number of aliphatic hydroxyl groups is 1. The molecular weight excluding hydrogens is 296 g/mol. The number of nitrogens with two attached hydrogens (primary N) is 1. The van der Waals surface area contributed by atoms with Crippen LogP contribution in [0.5, 0.6) is 5.75 Å². The number of piperidine rings is 1. The standard InChI is InChI=1S/C17H24N2O4/c1-12(2)23-14-6-4-13(5-7-14)10-15(20)19-9-3-8-17(22,11-19)16(18)21/h4-7,12,22H,3,8-11H2,1-2H3,(H2,18,21)/t17-/m0/s1. The van der Waals surface area contributed by atoms with Gasteiger partial charge in [0.2, 0.25) is 5.91 Å². The van der Waals surface area contributed by atoms with Gasteiger partial charge in [-0.15, -0.1) is 0 Å². The lowest BCUT2D eigenvalue weighted by molar-refractivity contribution is -0.148. The van der Waals surface area contributed by atoms with E-state index in [2.05, 4.69) is 0 Å². The van der Waals surface area contributed by atoms with Gasteiger partial charge >= 0.3 is 0 Å². The number of carbonyl (C=O) groups is 2. The maximum Gasteiger partial charge on any atom is 0.251 e. The minimum absolute atomic E-state index is 0.0320. The van der Waals surface area contributed by atoms with Crippen molar-refractivity contribution in [2.75, 3.05) is 13.1 Å². The fourth-order valence-corrected chi connectivity index (χ4v) is 2.69. The largest absolute Gasteiger partial charge is 0.491 e. The summed E-state index contributed by atoms with van der Waals surface area (Å²) in [6.07, 6.45) is 1.18. The first-order valence-electron chi connectivity index (χ1n) is 7.86. The van der Waals surface area contributed by atoms with Crippen LogP contribution in [0.3, 0.4) is 0 Å². The monoisotopic (exact) mass is 320 g/mol. The fourth-order valence-electron chi connectivity index (χ4n) is 2.69. The van der Waals surface area contributed by atoms with Crippen LogP contribution in [0.2, 0.25) is 0 Å². The number of primary amides is 1. The number of β-amino-alcohol motifs (C(OH)–C–C–N with tert-alkyl or cyclic N) is 1. The van der Waals surface area contributed by atoms with Crippen LogP contribution < -0.4 is 10.5 Å². The number of benzene rings is 1. The molecule has 23 heavy (non-hydrogen) atoms. The van der Waals surface area contributed by atoms with Crippen molar-refractivity contribution < 1.29 is 19.4 Å². The summed E-state index contributed by atoms with van der Waals surface area (Å²) in [5, 5.41) is 10.2. The Kier molecular flexibility index (Phi) is 5.26. The Labute approximate surface area is 136 Å². The smallest absolute Gasteiger partial charge is 0.251 e. The van der Waals surface area contributed by atoms with Gasteiger partial charge in [-0.3, -0.25) is 9.59 Å². The van der Waals surface area contributed by atoms with Gasteiger partial charge in [-0.05, 0) is 44.4 Å². The lowest BCUT2D eigenvalue weighted by atomic mass is 9.92. The minimum Gasteiger partial charge on any atom is -0.491 e. The molecule has 6 nitrogen and oxygen atoms in total. The van der Waals surface area contributed by atoms with Crippen LogP contribution in [0.15, 0.2) is 24.3 Å². The van der Waals surface area contributed by atoms with Crippen LogP contribution in [-0.4, -0.2) is 46.6 Å². The third-order valence-electron chi connectivity index (χ3n) is 3.93. The molecule has 1 fully saturated rings.